The lowest BCUT2D eigenvalue weighted by atomic mass is 10.2. The predicted molar refractivity (Wildman–Crippen MR) is 47.2 cm³/mol. The van der Waals surface area contributed by atoms with Crippen LogP contribution >= 0.6 is 0 Å². The van der Waals surface area contributed by atoms with Crippen LogP contribution in [0.4, 0.5) is 5.69 Å². The number of aromatic amines is 1. The van der Waals surface area contributed by atoms with Crippen LogP contribution in [0.1, 0.15) is 5.56 Å². The van der Waals surface area contributed by atoms with E-state index in [0.717, 1.165) is 5.56 Å². The molecule has 64 valence electrons. The highest BCUT2D eigenvalue weighted by atomic mass is 16.3. The van der Waals surface area contributed by atoms with Gasteiger partial charge in [-0.1, -0.05) is 11.6 Å². The first-order valence-corrected chi connectivity index (χ1v) is 3.87. The minimum atomic E-state index is -0.358. The third-order valence-electron chi connectivity index (χ3n) is 1.99. The second kappa shape index (κ2) is 2.49. The lowest BCUT2D eigenvalue weighted by molar-refractivity contribution is -0.272. The number of aromatic nitrogens is 1. The van der Waals surface area contributed by atoms with Crippen molar-refractivity contribution in [1.82, 2.24) is 4.98 Å². The van der Waals surface area contributed by atoms with Crippen molar-refractivity contribution in [3.8, 4) is 5.88 Å². The van der Waals surface area contributed by atoms with Crippen LogP contribution in [0.2, 0.25) is 0 Å². The molecule has 2 aromatic rings. The van der Waals surface area contributed by atoms with Crippen molar-refractivity contribution in [2.75, 3.05) is 0 Å². The molecular formula is C9H7N3O. The fourth-order valence-electron chi connectivity index (χ4n) is 1.37. The predicted octanol–water partition coefficient (Wildman–Crippen LogP) is 2.03. The van der Waals surface area contributed by atoms with Crippen molar-refractivity contribution in [3.05, 3.63) is 28.7 Å². The summed E-state index contributed by atoms with van der Waals surface area (Å²) >= 11 is 0. The van der Waals surface area contributed by atoms with Crippen LogP contribution in [0.3, 0.4) is 0 Å². The minimum absolute atomic E-state index is 0.0821. The van der Waals surface area contributed by atoms with E-state index in [1.807, 2.05) is 19.1 Å². The van der Waals surface area contributed by atoms with Crippen LogP contribution in [0, 0.1) is 12.3 Å². The molecule has 0 saturated carbocycles. The van der Waals surface area contributed by atoms with E-state index < -0.39 is 0 Å². The van der Waals surface area contributed by atoms with E-state index in [1.54, 1.807) is 6.07 Å². The van der Waals surface area contributed by atoms with Gasteiger partial charge in [-0.15, -0.1) is 0 Å². The molecule has 1 heterocycles. The van der Waals surface area contributed by atoms with Crippen LogP contribution in [0.5, 0.6) is 5.88 Å². The first-order chi connectivity index (χ1) is 6.22. The average Bonchev–Trinajstić information content (AvgIpc) is 2.40. The Bertz CT molecular complexity index is 507. The van der Waals surface area contributed by atoms with Gasteiger partial charge >= 0.3 is 5.69 Å². The number of hydrogen-bond acceptors (Lipinski definition) is 2. The Morgan fingerprint density at radius 3 is 2.92 bits per heavy atom. The number of fused-ring (bicyclic) bond motifs is 1. The molecule has 0 aliphatic carbocycles. The van der Waals surface area contributed by atoms with E-state index in [1.165, 1.54) is 0 Å². The van der Waals surface area contributed by atoms with E-state index in [4.69, 9.17) is 5.39 Å². The highest BCUT2D eigenvalue weighted by Gasteiger charge is 2.15. The number of diazo groups is 1. The largest absolute Gasteiger partial charge is 0.855 e. The molecule has 1 aromatic carbocycles. The molecule has 0 amide bonds. The third-order valence-corrected chi connectivity index (χ3v) is 1.99. The Hall–Kier alpha value is -2.02. The summed E-state index contributed by atoms with van der Waals surface area (Å²) < 4.78 is 0. The molecule has 0 saturated heterocycles. The lowest BCUT2D eigenvalue weighted by Crippen LogP contribution is -1.87. The van der Waals surface area contributed by atoms with Gasteiger partial charge in [0.15, 0.2) is 4.98 Å². The molecule has 4 heteroatoms. The topological polar surface area (TPSA) is 67.0 Å². The summed E-state index contributed by atoms with van der Waals surface area (Å²) in [5, 5.41) is 20.4. The number of benzene rings is 1. The molecule has 4 nitrogen and oxygen atoms in total. The molecule has 0 radical (unpaired) electrons. The first-order valence-electron chi connectivity index (χ1n) is 3.87. The van der Waals surface area contributed by atoms with Gasteiger partial charge in [-0.3, -0.25) is 0 Å². The van der Waals surface area contributed by atoms with E-state index in [-0.39, 0.29) is 11.6 Å². The fraction of sp³-hybridized carbons (Fsp3) is 0.111. The average molecular weight is 173 g/mol. The van der Waals surface area contributed by atoms with Gasteiger partial charge < -0.3 is 10.1 Å². The van der Waals surface area contributed by atoms with Gasteiger partial charge in [0.05, 0.1) is 16.8 Å². The molecule has 0 unspecified atom stereocenters. The molecule has 13 heavy (non-hydrogen) atoms. The summed E-state index contributed by atoms with van der Waals surface area (Å²) in [5.41, 5.74) is 1.80. The zero-order chi connectivity index (χ0) is 9.42. The number of nitrogens with zero attached hydrogens (tertiary/aromatic N) is 2. The Kier molecular flexibility index (Phi) is 1.46. The van der Waals surface area contributed by atoms with E-state index in [2.05, 4.69) is 9.96 Å². The van der Waals surface area contributed by atoms with E-state index in [0.29, 0.717) is 10.9 Å². The van der Waals surface area contributed by atoms with Crippen molar-refractivity contribution in [3.63, 3.8) is 0 Å². The van der Waals surface area contributed by atoms with E-state index >= 15 is 0 Å². The number of nitrogens with one attached hydrogen (secondary N) is 1. The minimum Gasteiger partial charge on any atom is -0.855 e. The van der Waals surface area contributed by atoms with Gasteiger partial charge in [0.1, 0.15) is 0 Å². The molecule has 0 aliphatic rings. The van der Waals surface area contributed by atoms with Gasteiger partial charge in [0, 0.05) is 0 Å². The maximum absolute atomic E-state index is 11.2. The number of hydrogen-bond donors (Lipinski definition) is 1. The molecule has 0 bridgehead atoms. The zero-order valence-corrected chi connectivity index (χ0v) is 7.03. The highest BCUT2D eigenvalue weighted by molar-refractivity contribution is 5.96. The van der Waals surface area contributed by atoms with Crippen molar-refractivity contribution >= 4 is 16.6 Å². The number of rotatable bonds is 0. The zero-order valence-electron chi connectivity index (χ0n) is 7.03. The molecule has 2 rings (SSSR count). The summed E-state index contributed by atoms with van der Waals surface area (Å²) in [7, 11) is 0. The van der Waals surface area contributed by atoms with Gasteiger partial charge in [-0.25, -0.2) is 0 Å². The van der Waals surface area contributed by atoms with Crippen LogP contribution in [-0.4, -0.2) is 4.98 Å². The summed E-state index contributed by atoms with van der Waals surface area (Å²) in [6, 6.07) is 5.49. The number of aryl methyl sites for hydroxylation is 1. The van der Waals surface area contributed by atoms with Crippen molar-refractivity contribution in [1.29, 1.82) is 5.39 Å². The standard InChI is InChI=1S/C9H7N3O/c1-5-2-3-7-6(4-5)8(12-10)9(13)11-7/h2-4,10H,1H3. The number of H-pyrrole nitrogens is 1. The monoisotopic (exact) mass is 173 g/mol. The summed E-state index contributed by atoms with van der Waals surface area (Å²) in [6.45, 7) is 1.91. The second-order valence-corrected chi connectivity index (χ2v) is 2.95. The third kappa shape index (κ3) is 1.02. The molecule has 0 atom stereocenters. The van der Waals surface area contributed by atoms with Gasteiger partial charge in [0.2, 0.25) is 5.39 Å². The Morgan fingerprint density at radius 1 is 1.46 bits per heavy atom. The first kappa shape index (κ1) is 7.62. The van der Waals surface area contributed by atoms with Crippen LogP contribution in [0.25, 0.3) is 15.9 Å². The smallest absolute Gasteiger partial charge is 0.402 e. The summed E-state index contributed by atoms with van der Waals surface area (Å²) in [6.07, 6.45) is 0. The highest BCUT2D eigenvalue weighted by Crippen LogP contribution is 2.33. The van der Waals surface area contributed by atoms with Crippen molar-refractivity contribution < 1.29 is 5.11 Å². The van der Waals surface area contributed by atoms with Gasteiger partial charge in [-0.05, 0) is 19.1 Å². The van der Waals surface area contributed by atoms with Crippen LogP contribution < -0.4 is 5.11 Å². The Balaban J connectivity index is 2.91. The maximum atomic E-state index is 11.2. The SMILES string of the molecule is Cc1ccc2[nH]c([O-])c([N+]#N)c2c1. The second-order valence-electron chi connectivity index (χ2n) is 2.95. The van der Waals surface area contributed by atoms with Crippen molar-refractivity contribution in [2.45, 2.75) is 6.92 Å². The molecule has 0 fully saturated rings. The molecule has 0 spiro atoms. The lowest BCUT2D eigenvalue weighted by Gasteiger charge is -1.90. The van der Waals surface area contributed by atoms with Gasteiger partial charge in [-0.2, -0.15) is 0 Å². The van der Waals surface area contributed by atoms with Crippen LogP contribution in [0.15, 0.2) is 18.2 Å². The Morgan fingerprint density at radius 2 is 2.23 bits per heavy atom. The maximum Gasteiger partial charge on any atom is 0.402 e. The molecule has 1 aromatic heterocycles. The van der Waals surface area contributed by atoms with Crippen molar-refractivity contribution in [2.24, 2.45) is 0 Å². The fourth-order valence-corrected chi connectivity index (χ4v) is 1.37. The Labute approximate surface area is 74.4 Å². The van der Waals surface area contributed by atoms with Gasteiger partial charge in [0.25, 0.3) is 0 Å². The summed E-state index contributed by atoms with van der Waals surface area (Å²) in [4.78, 5) is 5.55. The quantitative estimate of drug-likeness (QED) is 0.619. The molecule has 1 N–H and O–H groups in total. The molecule has 0 aliphatic heterocycles. The van der Waals surface area contributed by atoms with Crippen LogP contribution in [-0.2, 0) is 0 Å². The summed E-state index contributed by atoms with van der Waals surface area (Å²) in [5.74, 6) is -0.358. The molecular weight excluding hydrogens is 166 g/mol. The van der Waals surface area contributed by atoms with E-state index in [9.17, 15) is 5.11 Å². The normalized spacial score (nSPS) is 10.2.